The van der Waals surface area contributed by atoms with Gasteiger partial charge in [-0.15, -0.1) is 6.42 Å². The molecule has 0 aliphatic rings. The number of hydrogen-bond donors (Lipinski definition) is 0. The van der Waals surface area contributed by atoms with E-state index in [4.69, 9.17) is 6.42 Å². The normalized spacial score (nSPS) is 11.0. The highest BCUT2D eigenvalue weighted by atomic mass is 32.2. The second-order valence-corrected chi connectivity index (χ2v) is 4.08. The SMILES string of the molecule is C#CCOS(=O)(=O)c1ccc(F)cc1F. The maximum absolute atomic E-state index is 13.0. The molecular formula is C9H6F2O3S. The first kappa shape index (κ1) is 11.6. The molecule has 15 heavy (non-hydrogen) atoms. The molecular weight excluding hydrogens is 226 g/mol. The Labute approximate surface area is 85.8 Å². The van der Waals surface area contributed by atoms with Gasteiger partial charge in [0.1, 0.15) is 23.1 Å². The Morgan fingerprint density at radius 3 is 2.60 bits per heavy atom. The van der Waals surface area contributed by atoms with E-state index in [0.717, 1.165) is 12.1 Å². The lowest BCUT2D eigenvalue weighted by Crippen LogP contribution is -2.08. The van der Waals surface area contributed by atoms with Gasteiger partial charge in [-0.2, -0.15) is 8.42 Å². The van der Waals surface area contributed by atoms with E-state index in [1.165, 1.54) is 0 Å². The van der Waals surface area contributed by atoms with Gasteiger partial charge in [0.15, 0.2) is 0 Å². The highest BCUT2D eigenvalue weighted by Gasteiger charge is 2.19. The molecule has 0 amide bonds. The van der Waals surface area contributed by atoms with Crippen LogP contribution in [0.4, 0.5) is 8.78 Å². The van der Waals surface area contributed by atoms with Crippen LogP contribution >= 0.6 is 0 Å². The molecule has 0 unspecified atom stereocenters. The number of terminal acetylenes is 1. The zero-order valence-corrected chi connectivity index (χ0v) is 8.22. The lowest BCUT2D eigenvalue weighted by atomic mass is 10.3. The largest absolute Gasteiger partial charge is 0.300 e. The summed E-state index contributed by atoms with van der Waals surface area (Å²) in [6, 6.07) is 2.04. The van der Waals surface area contributed by atoms with Crippen molar-refractivity contribution in [1.29, 1.82) is 0 Å². The van der Waals surface area contributed by atoms with E-state index in [1.54, 1.807) is 0 Å². The summed E-state index contributed by atoms with van der Waals surface area (Å²) in [5.74, 6) is -0.161. The fourth-order valence-corrected chi connectivity index (χ4v) is 1.74. The van der Waals surface area contributed by atoms with Gasteiger partial charge in [-0.3, -0.25) is 4.18 Å². The first-order valence-corrected chi connectivity index (χ1v) is 5.16. The second-order valence-electron chi connectivity index (χ2n) is 2.50. The molecule has 0 atom stereocenters. The molecule has 0 aliphatic carbocycles. The Hall–Kier alpha value is -1.45. The summed E-state index contributed by atoms with van der Waals surface area (Å²) in [4.78, 5) is -0.737. The number of hydrogen-bond acceptors (Lipinski definition) is 3. The molecule has 6 heteroatoms. The Kier molecular flexibility index (Phi) is 3.39. The third-order valence-corrected chi connectivity index (χ3v) is 2.76. The summed E-state index contributed by atoms with van der Waals surface area (Å²) in [6.45, 7) is -0.501. The summed E-state index contributed by atoms with van der Waals surface area (Å²) in [5, 5.41) is 0. The van der Waals surface area contributed by atoms with Gasteiger partial charge in [0.05, 0.1) is 0 Å². The molecule has 0 saturated heterocycles. The summed E-state index contributed by atoms with van der Waals surface area (Å²) in [7, 11) is -4.25. The lowest BCUT2D eigenvalue weighted by Gasteiger charge is -2.03. The molecule has 3 nitrogen and oxygen atoms in total. The molecule has 0 aliphatic heterocycles. The Morgan fingerprint density at radius 1 is 1.40 bits per heavy atom. The van der Waals surface area contributed by atoms with Crippen molar-refractivity contribution in [2.75, 3.05) is 6.61 Å². The Bertz CT molecular complexity index is 503. The molecule has 0 spiro atoms. The van der Waals surface area contributed by atoms with Gasteiger partial charge in [-0.1, -0.05) is 5.92 Å². The first-order valence-electron chi connectivity index (χ1n) is 3.75. The van der Waals surface area contributed by atoms with Crippen molar-refractivity contribution >= 4 is 10.1 Å². The number of halogens is 2. The topological polar surface area (TPSA) is 43.4 Å². The van der Waals surface area contributed by atoms with Gasteiger partial charge in [0, 0.05) is 6.07 Å². The van der Waals surface area contributed by atoms with Crippen LogP contribution < -0.4 is 0 Å². The molecule has 0 heterocycles. The predicted molar refractivity (Wildman–Crippen MR) is 48.3 cm³/mol. The standard InChI is InChI=1S/C9H6F2O3S/c1-2-5-14-15(12,13)9-4-3-7(10)6-8(9)11/h1,3-4,6H,5H2. The fraction of sp³-hybridized carbons (Fsp3) is 0.111. The van der Waals surface area contributed by atoms with E-state index in [-0.39, 0.29) is 0 Å². The van der Waals surface area contributed by atoms with Gasteiger partial charge in [-0.05, 0) is 12.1 Å². The van der Waals surface area contributed by atoms with Crippen LogP contribution in [0.3, 0.4) is 0 Å². The minimum absolute atomic E-state index is 0.451. The number of rotatable bonds is 3. The molecule has 1 rings (SSSR count). The van der Waals surface area contributed by atoms with Gasteiger partial charge >= 0.3 is 10.1 Å². The van der Waals surface area contributed by atoms with Crippen molar-refractivity contribution < 1.29 is 21.4 Å². The van der Waals surface area contributed by atoms with Crippen LogP contribution in [0.2, 0.25) is 0 Å². The van der Waals surface area contributed by atoms with Crippen molar-refractivity contribution in [3.05, 3.63) is 29.8 Å². The predicted octanol–water partition coefficient (Wildman–Crippen LogP) is 1.30. The van der Waals surface area contributed by atoms with Gasteiger partial charge < -0.3 is 0 Å². The van der Waals surface area contributed by atoms with E-state index in [1.807, 2.05) is 5.92 Å². The van der Waals surface area contributed by atoms with E-state index in [0.29, 0.717) is 6.07 Å². The summed E-state index contributed by atoms with van der Waals surface area (Å²) in [6.07, 6.45) is 4.78. The smallest absolute Gasteiger partial charge is 0.253 e. The molecule has 0 radical (unpaired) electrons. The zero-order chi connectivity index (χ0) is 11.5. The van der Waals surface area contributed by atoms with Crippen molar-refractivity contribution in [3.8, 4) is 12.3 Å². The van der Waals surface area contributed by atoms with Gasteiger partial charge in [0.2, 0.25) is 0 Å². The highest BCUT2D eigenvalue weighted by Crippen LogP contribution is 2.17. The molecule has 0 fully saturated rings. The van der Waals surface area contributed by atoms with Crippen LogP contribution in [0.25, 0.3) is 0 Å². The third-order valence-electron chi connectivity index (χ3n) is 1.46. The molecule has 0 bridgehead atoms. The second kappa shape index (κ2) is 4.38. The summed E-state index contributed by atoms with van der Waals surface area (Å²) in [5.41, 5.74) is 0. The van der Waals surface area contributed by atoms with Gasteiger partial charge in [0.25, 0.3) is 0 Å². The molecule has 0 aromatic heterocycles. The number of benzene rings is 1. The van der Waals surface area contributed by atoms with Gasteiger partial charge in [-0.25, -0.2) is 8.78 Å². The van der Waals surface area contributed by atoms with Crippen LogP contribution in [-0.4, -0.2) is 15.0 Å². The van der Waals surface area contributed by atoms with Crippen LogP contribution in [0.15, 0.2) is 23.1 Å². The van der Waals surface area contributed by atoms with E-state index >= 15 is 0 Å². The maximum Gasteiger partial charge on any atom is 0.300 e. The minimum Gasteiger partial charge on any atom is -0.253 e. The molecule has 0 saturated carbocycles. The molecule has 1 aromatic carbocycles. The van der Waals surface area contributed by atoms with Crippen molar-refractivity contribution in [3.63, 3.8) is 0 Å². The minimum atomic E-state index is -4.25. The van der Waals surface area contributed by atoms with Crippen LogP contribution in [0, 0.1) is 24.0 Å². The summed E-state index contributed by atoms with van der Waals surface area (Å²) >= 11 is 0. The Morgan fingerprint density at radius 2 is 2.07 bits per heavy atom. The molecule has 0 N–H and O–H groups in total. The maximum atomic E-state index is 13.0. The summed E-state index contributed by atoms with van der Waals surface area (Å²) < 4.78 is 52.2. The first-order chi connectivity index (χ1) is 6.97. The quantitative estimate of drug-likeness (QED) is 0.583. The third kappa shape index (κ3) is 2.75. The fourth-order valence-electron chi connectivity index (χ4n) is 0.853. The van der Waals surface area contributed by atoms with E-state index < -0.39 is 33.3 Å². The van der Waals surface area contributed by atoms with Crippen LogP contribution in [0.1, 0.15) is 0 Å². The Balaban J connectivity index is 3.12. The van der Waals surface area contributed by atoms with Crippen molar-refractivity contribution in [1.82, 2.24) is 0 Å². The van der Waals surface area contributed by atoms with E-state index in [9.17, 15) is 17.2 Å². The van der Waals surface area contributed by atoms with E-state index in [2.05, 4.69) is 4.18 Å². The molecule has 1 aromatic rings. The van der Waals surface area contributed by atoms with Crippen LogP contribution in [-0.2, 0) is 14.3 Å². The monoisotopic (exact) mass is 232 g/mol. The lowest BCUT2D eigenvalue weighted by molar-refractivity contribution is 0.359. The highest BCUT2D eigenvalue weighted by molar-refractivity contribution is 7.86. The van der Waals surface area contributed by atoms with Crippen molar-refractivity contribution in [2.24, 2.45) is 0 Å². The zero-order valence-electron chi connectivity index (χ0n) is 7.41. The van der Waals surface area contributed by atoms with Crippen molar-refractivity contribution in [2.45, 2.75) is 4.90 Å². The van der Waals surface area contributed by atoms with Crippen LogP contribution in [0.5, 0.6) is 0 Å². The average molecular weight is 232 g/mol. The molecule has 80 valence electrons. The average Bonchev–Trinajstić information content (AvgIpc) is 2.14.